The van der Waals surface area contributed by atoms with E-state index in [1.807, 2.05) is 60.7 Å². The van der Waals surface area contributed by atoms with Crippen molar-refractivity contribution in [2.45, 2.75) is 141 Å². The Morgan fingerprint density at radius 2 is 1.33 bits per heavy atom. The number of piperidine rings is 1. The van der Waals surface area contributed by atoms with Crippen molar-refractivity contribution in [3.63, 3.8) is 0 Å². The minimum absolute atomic E-state index is 0.189. The number of carbonyl (C=O) groups excluding carboxylic acids is 2. The van der Waals surface area contributed by atoms with E-state index in [-0.39, 0.29) is 18.9 Å². The van der Waals surface area contributed by atoms with Gasteiger partial charge in [0.15, 0.2) is 6.79 Å². The summed E-state index contributed by atoms with van der Waals surface area (Å²) < 4.78 is 19.6. The summed E-state index contributed by atoms with van der Waals surface area (Å²) in [6, 6.07) is 19.9. The molecular formula is C39H58NO5+. The van der Waals surface area contributed by atoms with Gasteiger partial charge in [0, 0.05) is 32.1 Å². The number of benzene rings is 2. The fraction of sp³-hybridized carbons (Fsp3) is 0.641. The molecule has 3 atom stereocenters. The second-order valence-corrected chi connectivity index (χ2v) is 13.4. The normalized spacial score (nSPS) is 21.1. The quantitative estimate of drug-likeness (QED) is 0.0721. The van der Waals surface area contributed by atoms with Crippen LogP contribution in [0.15, 0.2) is 60.7 Å². The van der Waals surface area contributed by atoms with Gasteiger partial charge in [-0.05, 0) is 30.9 Å². The standard InChI is InChI=1S/C39H58NO5/c1-4-6-7-8-9-10-11-12-19-26-37(41)43-31-44-39(33-22-15-13-16-23-33,34-24-17-14-18-25-34)38(42)45-36-29-32(3)40(27-20-21-28-40)35(5-2)30-36/h13-18,22-25,32,35-36H,4-12,19-21,26-31H2,1-3H3/q+1. The predicted molar refractivity (Wildman–Crippen MR) is 179 cm³/mol. The van der Waals surface area contributed by atoms with Crippen LogP contribution in [0.5, 0.6) is 0 Å². The van der Waals surface area contributed by atoms with Crippen LogP contribution in [0.3, 0.4) is 0 Å². The zero-order chi connectivity index (χ0) is 32.0. The molecule has 0 amide bonds. The molecule has 4 rings (SSSR count). The van der Waals surface area contributed by atoms with Crippen molar-refractivity contribution in [2.24, 2.45) is 0 Å². The molecule has 2 saturated heterocycles. The van der Waals surface area contributed by atoms with Gasteiger partial charge < -0.3 is 18.7 Å². The number of nitrogens with zero attached hydrogens (tertiary/aromatic N) is 1. The zero-order valence-electron chi connectivity index (χ0n) is 28.2. The van der Waals surface area contributed by atoms with Crippen LogP contribution >= 0.6 is 0 Å². The van der Waals surface area contributed by atoms with E-state index in [9.17, 15) is 9.59 Å². The lowest BCUT2D eigenvalue weighted by Gasteiger charge is -2.51. The van der Waals surface area contributed by atoms with Gasteiger partial charge in [-0.3, -0.25) is 4.79 Å². The van der Waals surface area contributed by atoms with Crippen molar-refractivity contribution in [3.8, 4) is 0 Å². The molecule has 0 radical (unpaired) electrons. The number of unbranched alkanes of at least 4 members (excludes halogenated alkanes) is 8. The maximum atomic E-state index is 14.5. The molecule has 1 spiro atoms. The topological polar surface area (TPSA) is 61.8 Å². The van der Waals surface area contributed by atoms with E-state index in [2.05, 4.69) is 20.8 Å². The van der Waals surface area contributed by atoms with Crippen LogP contribution in [-0.2, 0) is 29.4 Å². The Kier molecular flexibility index (Phi) is 13.9. The van der Waals surface area contributed by atoms with Crippen molar-refractivity contribution in [3.05, 3.63) is 71.8 Å². The van der Waals surface area contributed by atoms with E-state index >= 15 is 0 Å². The van der Waals surface area contributed by atoms with E-state index < -0.39 is 11.6 Å². The van der Waals surface area contributed by atoms with Crippen LogP contribution < -0.4 is 0 Å². The van der Waals surface area contributed by atoms with Gasteiger partial charge in [0.2, 0.25) is 5.60 Å². The average Bonchev–Trinajstić information content (AvgIpc) is 3.56. The van der Waals surface area contributed by atoms with Crippen LogP contribution in [0.2, 0.25) is 0 Å². The highest BCUT2D eigenvalue weighted by atomic mass is 16.7. The van der Waals surface area contributed by atoms with Gasteiger partial charge in [-0.25, -0.2) is 4.79 Å². The van der Waals surface area contributed by atoms with Crippen LogP contribution in [0.1, 0.15) is 128 Å². The molecule has 0 aromatic heterocycles. The van der Waals surface area contributed by atoms with Crippen molar-refractivity contribution >= 4 is 11.9 Å². The fourth-order valence-corrected chi connectivity index (χ4v) is 7.96. The first-order valence-corrected chi connectivity index (χ1v) is 17.9. The molecule has 0 aliphatic carbocycles. The van der Waals surface area contributed by atoms with E-state index in [0.29, 0.717) is 29.6 Å². The summed E-state index contributed by atoms with van der Waals surface area (Å²) in [5.74, 6) is -0.746. The molecule has 248 valence electrons. The van der Waals surface area contributed by atoms with E-state index in [1.54, 1.807) is 0 Å². The predicted octanol–water partition coefficient (Wildman–Crippen LogP) is 8.85. The lowest BCUT2D eigenvalue weighted by atomic mass is 9.85. The van der Waals surface area contributed by atoms with Gasteiger partial charge in [0.05, 0.1) is 25.2 Å². The molecule has 2 fully saturated rings. The molecule has 2 aliphatic rings. The zero-order valence-corrected chi connectivity index (χ0v) is 28.2. The molecule has 2 aliphatic heterocycles. The number of rotatable bonds is 18. The highest BCUT2D eigenvalue weighted by molar-refractivity contribution is 5.86. The van der Waals surface area contributed by atoms with Gasteiger partial charge in [0.25, 0.3) is 0 Å². The third-order valence-electron chi connectivity index (χ3n) is 10.5. The van der Waals surface area contributed by atoms with Crippen LogP contribution in [0, 0.1) is 0 Å². The van der Waals surface area contributed by atoms with Crippen LogP contribution in [-0.4, -0.2) is 54.5 Å². The fourth-order valence-electron chi connectivity index (χ4n) is 7.96. The molecule has 2 heterocycles. The number of ether oxygens (including phenoxy) is 3. The Bertz CT molecular complexity index is 1110. The minimum atomic E-state index is -1.55. The lowest BCUT2D eigenvalue weighted by molar-refractivity contribution is -0.967. The SMILES string of the molecule is CCCCCCCCCCCC(=O)OCOC(C(=O)OC1CC(C)[N+]2(CCCC2)C(CC)C1)(c1ccccc1)c1ccccc1. The van der Waals surface area contributed by atoms with Gasteiger partial charge in [-0.1, -0.05) is 126 Å². The van der Waals surface area contributed by atoms with Gasteiger partial charge in [-0.2, -0.15) is 0 Å². The molecular weight excluding hydrogens is 562 g/mol. The van der Waals surface area contributed by atoms with Crippen molar-refractivity contribution in [2.75, 3.05) is 19.9 Å². The second kappa shape index (κ2) is 17.9. The van der Waals surface area contributed by atoms with Crippen LogP contribution in [0.4, 0.5) is 0 Å². The molecule has 6 nitrogen and oxygen atoms in total. The highest BCUT2D eigenvalue weighted by Crippen LogP contribution is 2.41. The summed E-state index contributed by atoms with van der Waals surface area (Å²) in [6.07, 6.45) is 16.2. The summed E-state index contributed by atoms with van der Waals surface area (Å²) in [7, 11) is 0. The molecule has 2 aromatic rings. The smallest absolute Gasteiger partial charge is 0.348 e. The van der Waals surface area contributed by atoms with E-state index in [1.165, 1.54) is 68.9 Å². The van der Waals surface area contributed by atoms with Crippen molar-refractivity contribution < 1.29 is 28.3 Å². The molecule has 3 unspecified atom stereocenters. The molecule has 0 bridgehead atoms. The Balaban J connectivity index is 1.42. The molecule has 0 N–H and O–H groups in total. The van der Waals surface area contributed by atoms with Gasteiger partial charge >= 0.3 is 11.9 Å². The highest BCUT2D eigenvalue weighted by Gasteiger charge is 2.52. The molecule has 6 heteroatoms. The third kappa shape index (κ3) is 8.98. The van der Waals surface area contributed by atoms with Crippen molar-refractivity contribution in [1.29, 1.82) is 0 Å². The largest absolute Gasteiger partial charge is 0.459 e. The monoisotopic (exact) mass is 620 g/mol. The summed E-state index contributed by atoms with van der Waals surface area (Å²) in [5.41, 5.74) is -0.228. The molecule has 2 aromatic carbocycles. The Hall–Kier alpha value is -2.70. The lowest BCUT2D eigenvalue weighted by Crippen LogP contribution is -2.63. The minimum Gasteiger partial charge on any atom is -0.459 e. The average molecular weight is 621 g/mol. The Labute approximate surface area is 272 Å². The molecule has 0 saturated carbocycles. The van der Waals surface area contributed by atoms with Crippen LogP contribution in [0.25, 0.3) is 0 Å². The number of quaternary nitrogens is 1. The molecule has 45 heavy (non-hydrogen) atoms. The second-order valence-electron chi connectivity index (χ2n) is 13.4. The summed E-state index contributed by atoms with van der Waals surface area (Å²) in [4.78, 5) is 27.2. The maximum Gasteiger partial charge on any atom is 0.348 e. The van der Waals surface area contributed by atoms with Gasteiger partial charge in [0.1, 0.15) is 6.10 Å². The number of esters is 2. The summed E-state index contributed by atoms with van der Waals surface area (Å²) in [6.45, 7) is 8.97. The first kappa shape index (κ1) is 35.2. The maximum absolute atomic E-state index is 14.5. The first-order valence-electron chi connectivity index (χ1n) is 17.9. The van der Waals surface area contributed by atoms with Gasteiger partial charge in [-0.15, -0.1) is 0 Å². The number of carbonyl (C=O) groups is 2. The third-order valence-corrected chi connectivity index (χ3v) is 10.5. The number of hydrogen-bond donors (Lipinski definition) is 0. The summed E-state index contributed by atoms with van der Waals surface area (Å²) >= 11 is 0. The van der Waals surface area contributed by atoms with Crippen molar-refractivity contribution in [1.82, 2.24) is 0 Å². The Morgan fingerprint density at radius 1 is 0.778 bits per heavy atom. The Morgan fingerprint density at radius 3 is 1.89 bits per heavy atom. The van der Waals surface area contributed by atoms with E-state index in [0.717, 1.165) is 38.5 Å². The van der Waals surface area contributed by atoms with E-state index in [4.69, 9.17) is 14.2 Å². The first-order chi connectivity index (χ1) is 22.0. The summed E-state index contributed by atoms with van der Waals surface area (Å²) in [5, 5.41) is 0. The number of hydrogen-bond acceptors (Lipinski definition) is 5.